The molecule has 0 radical (unpaired) electrons. The third-order valence-corrected chi connectivity index (χ3v) is 4.73. The third kappa shape index (κ3) is 6.59. The molecule has 0 amide bonds. The van der Waals surface area contributed by atoms with Gasteiger partial charge in [0.05, 0.1) is 19.1 Å². The number of nitrogens with zero attached hydrogens (tertiary/aromatic N) is 4. The minimum absolute atomic E-state index is 0.429. The standard InChI is InChI=1S/C21H23N5OS/c22-21(28-16-18-7-2-1-3-8-18)25-24-15-19-9-4-5-10-20(19)27-14-6-12-26-13-11-23-17-26/h1-5,7-11,13,15,17H,6,12,14,16H2,(H2,22,25). The van der Waals surface area contributed by atoms with Crippen molar-refractivity contribution < 1.29 is 4.74 Å². The lowest BCUT2D eigenvalue weighted by Gasteiger charge is -2.08. The molecule has 1 aromatic heterocycles. The molecule has 144 valence electrons. The second-order valence-electron chi connectivity index (χ2n) is 6.00. The van der Waals surface area contributed by atoms with Gasteiger partial charge in [0.1, 0.15) is 5.75 Å². The summed E-state index contributed by atoms with van der Waals surface area (Å²) >= 11 is 1.46. The van der Waals surface area contributed by atoms with Gasteiger partial charge in [-0.15, -0.1) is 5.10 Å². The molecule has 1 heterocycles. The van der Waals surface area contributed by atoms with Crippen molar-refractivity contribution in [1.29, 1.82) is 0 Å². The van der Waals surface area contributed by atoms with Crippen LogP contribution in [0.5, 0.6) is 5.75 Å². The van der Waals surface area contributed by atoms with Gasteiger partial charge in [-0.05, 0) is 24.1 Å². The minimum Gasteiger partial charge on any atom is -0.493 e. The molecule has 3 aromatic rings. The van der Waals surface area contributed by atoms with Crippen LogP contribution in [-0.4, -0.2) is 27.5 Å². The van der Waals surface area contributed by atoms with Gasteiger partial charge in [-0.2, -0.15) is 5.10 Å². The maximum Gasteiger partial charge on any atom is 0.180 e. The molecule has 0 bridgehead atoms. The Labute approximate surface area is 169 Å². The summed E-state index contributed by atoms with van der Waals surface area (Å²) in [7, 11) is 0. The molecule has 0 unspecified atom stereocenters. The smallest absolute Gasteiger partial charge is 0.180 e. The number of ether oxygens (including phenoxy) is 1. The SMILES string of the molecule is NC(=NN=Cc1ccccc1OCCCn1ccnc1)SCc1ccccc1. The van der Waals surface area contributed by atoms with E-state index in [-0.39, 0.29) is 0 Å². The van der Waals surface area contributed by atoms with Gasteiger partial charge in [0.2, 0.25) is 0 Å². The van der Waals surface area contributed by atoms with Crippen molar-refractivity contribution in [2.75, 3.05) is 6.61 Å². The van der Waals surface area contributed by atoms with Crippen LogP contribution in [0.15, 0.2) is 83.5 Å². The molecule has 28 heavy (non-hydrogen) atoms. The van der Waals surface area contributed by atoms with Crippen molar-refractivity contribution in [1.82, 2.24) is 9.55 Å². The van der Waals surface area contributed by atoms with E-state index >= 15 is 0 Å². The summed E-state index contributed by atoms with van der Waals surface area (Å²) in [5.41, 5.74) is 8.00. The first-order chi connectivity index (χ1) is 13.8. The number of imidazole rings is 1. The first-order valence-corrected chi connectivity index (χ1v) is 10.0. The Hall–Kier alpha value is -3.06. The zero-order chi connectivity index (χ0) is 19.4. The first kappa shape index (κ1) is 19.7. The number of rotatable bonds is 9. The number of aromatic nitrogens is 2. The fourth-order valence-electron chi connectivity index (χ4n) is 2.48. The molecule has 6 nitrogen and oxygen atoms in total. The van der Waals surface area contributed by atoms with Crippen molar-refractivity contribution in [3.8, 4) is 5.75 Å². The van der Waals surface area contributed by atoms with Gasteiger partial charge in [0.15, 0.2) is 5.17 Å². The fourth-order valence-corrected chi connectivity index (χ4v) is 3.09. The second kappa shape index (κ2) is 10.9. The number of hydrogen-bond donors (Lipinski definition) is 1. The van der Waals surface area contributed by atoms with Crippen LogP contribution in [0.2, 0.25) is 0 Å². The van der Waals surface area contributed by atoms with Crippen LogP contribution in [-0.2, 0) is 12.3 Å². The third-order valence-electron chi connectivity index (χ3n) is 3.88. The van der Waals surface area contributed by atoms with Crippen LogP contribution in [0.1, 0.15) is 17.5 Å². The molecule has 3 rings (SSSR count). The zero-order valence-corrected chi connectivity index (χ0v) is 16.3. The number of nitrogens with two attached hydrogens (primary N) is 1. The molecule has 0 aliphatic heterocycles. The van der Waals surface area contributed by atoms with Crippen molar-refractivity contribution in [3.63, 3.8) is 0 Å². The summed E-state index contributed by atoms with van der Waals surface area (Å²) in [6, 6.07) is 17.9. The Morgan fingerprint density at radius 1 is 1.14 bits per heavy atom. The van der Waals surface area contributed by atoms with E-state index in [0.29, 0.717) is 11.8 Å². The van der Waals surface area contributed by atoms with Gasteiger partial charge in [-0.3, -0.25) is 0 Å². The summed E-state index contributed by atoms with van der Waals surface area (Å²) in [6.07, 6.45) is 8.08. The van der Waals surface area contributed by atoms with Gasteiger partial charge < -0.3 is 15.0 Å². The lowest BCUT2D eigenvalue weighted by Crippen LogP contribution is -2.06. The van der Waals surface area contributed by atoms with Crippen LogP contribution >= 0.6 is 11.8 Å². The Bertz CT molecular complexity index is 894. The molecule has 2 aromatic carbocycles. The monoisotopic (exact) mass is 393 g/mol. The topological polar surface area (TPSA) is 77.8 Å². The summed E-state index contributed by atoms with van der Waals surface area (Å²) in [5, 5.41) is 8.60. The Kier molecular flexibility index (Phi) is 7.69. The lowest BCUT2D eigenvalue weighted by molar-refractivity contribution is 0.301. The molecule has 0 fully saturated rings. The highest BCUT2D eigenvalue weighted by molar-refractivity contribution is 8.13. The number of benzene rings is 2. The van der Waals surface area contributed by atoms with Crippen molar-refractivity contribution in [2.24, 2.45) is 15.9 Å². The van der Waals surface area contributed by atoms with Crippen LogP contribution in [0.4, 0.5) is 0 Å². The van der Waals surface area contributed by atoms with Crippen molar-refractivity contribution >= 4 is 23.1 Å². The molecule has 2 N–H and O–H groups in total. The fraction of sp³-hybridized carbons (Fsp3) is 0.190. The largest absolute Gasteiger partial charge is 0.493 e. The van der Waals surface area contributed by atoms with E-state index in [1.165, 1.54) is 17.3 Å². The molecule has 0 aliphatic rings. The summed E-state index contributed by atoms with van der Waals surface area (Å²) in [5.74, 6) is 1.55. The molecule has 0 atom stereocenters. The van der Waals surface area contributed by atoms with Crippen molar-refractivity contribution in [3.05, 3.63) is 84.4 Å². The molecule has 0 saturated carbocycles. The van der Waals surface area contributed by atoms with Gasteiger partial charge in [-0.1, -0.05) is 54.2 Å². The molecule has 0 spiro atoms. The van der Waals surface area contributed by atoms with Crippen LogP contribution in [0.3, 0.4) is 0 Å². The number of para-hydroxylation sites is 1. The summed E-state index contributed by atoms with van der Waals surface area (Å²) < 4.78 is 7.92. The van der Waals surface area contributed by atoms with E-state index in [1.807, 2.05) is 53.2 Å². The maximum absolute atomic E-state index is 5.93. The number of aryl methyl sites for hydroxylation is 1. The predicted octanol–water partition coefficient (Wildman–Crippen LogP) is 3.93. The predicted molar refractivity (Wildman–Crippen MR) is 116 cm³/mol. The highest BCUT2D eigenvalue weighted by Crippen LogP contribution is 2.16. The normalized spacial score (nSPS) is 11.8. The molecule has 7 heteroatoms. The first-order valence-electron chi connectivity index (χ1n) is 9.02. The van der Waals surface area contributed by atoms with Gasteiger partial charge in [0.25, 0.3) is 0 Å². The Morgan fingerprint density at radius 2 is 1.96 bits per heavy atom. The summed E-state index contributed by atoms with van der Waals surface area (Å²) in [4.78, 5) is 4.03. The van der Waals surface area contributed by atoms with E-state index in [1.54, 1.807) is 18.7 Å². The van der Waals surface area contributed by atoms with E-state index in [4.69, 9.17) is 10.5 Å². The maximum atomic E-state index is 5.93. The lowest BCUT2D eigenvalue weighted by atomic mass is 10.2. The quantitative estimate of drug-likeness (QED) is 0.259. The van der Waals surface area contributed by atoms with E-state index in [9.17, 15) is 0 Å². The Balaban J connectivity index is 1.48. The van der Waals surface area contributed by atoms with Crippen LogP contribution < -0.4 is 10.5 Å². The second-order valence-corrected chi connectivity index (χ2v) is 6.99. The average molecular weight is 394 g/mol. The average Bonchev–Trinajstić information content (AvgIpc) is 3.25. The van der Waals surface area contributed by atoms with E-state index < -0.39 is 0 Å². The number of thioether (sulfide) groups is 1. The number of hydrogen-bond acceptors (Lipinski definition) is 5. The molecular formula is C21H23N5OS. The minimum atomic E-state index is 0.429. The van der Waals surface area contributed by atoms with Crippen LogP contribution in [0, 0.1) is 0 Å². The molecule has 0 saturated heterocycles. The Morgan fingerprint density at radius 3 is 2.79 bits per heavy atom. The summed E-state index contributed by atoms with van der Waals surface area (Å²) in [6.45, 7) is 1.48. The number of amidine groups is 1. The zero-order valence-electron chi connectivity index (χ0n) is 15.5. The van der Waals surface area contributed by atoms with Gasteiger partial charge in [-0.25, -0.2) is 4.98 Å². The van der Waals surface area contributed by atoms with Crippen LogP contribution in [0.25, 0.3) is 0 Å². The van der Waals surface area contributed by atoms with E-state index in [2.05, 4.69) is 27.3 Å². The highest BCUT2D eigenvalue weighted by Gasteiger charge is 2.01. The highest BCUT2D eigenvalue weighted by atomic mass is 32.2. The molecular weight excluding hydrogens is 370 g/mol. The van der Waals surface area contributed by atoms with E-state index in [0.717, 1.165) is 30.0 Å². The molecule has 0 aliphatic carbocycles. The van der Waals surface area contributed by atoms with Gasteiger partial charge in [0, 0.05) is 30.3 Å². The van der Waals surface area contributed by atoms with Crippen molar-refractivity contribution in [2.45, 2.75) is 18.7 Å². The van der Waals surface area contributed by atoms with Gasteiger partial charge >= 0.3 is 0 Å².